The maximum atomic E-state index is 12.2. The average molecular weight is 342 g/mol. The lowest BCUT2D eigenvalue weighted by Crippen LogP contribution is -2.37. The number of carbonyl (C=O) groups is 1. The van der Waals surface area contributed by atoms with Crippen LogP contribution in [0.5, 0.6) is 5.75 Å². The van der Waals surface area contributed by atoms with Crippen LogP contribution in [-0.4, -0.2) is 12.0 Å². The number of nitrogens with one attached hydrogen (secondary N) is 1. The summed E-state index contributed by atoms with van der Waals surface area (Å²) in [6, 6.07) is 8.47. The van der Waals surface area contributed by atoms with Crippen LogP contribution in [-0.2, 0) is 4.79 Å². The highest BCUT2D eigenvalue weighted by molar-refractivity contribution is 6.42. The summed E-state index contributed by atoms with van der Waals surface area (Å²) in [5.41, 5.74) is 0. The molecule has 0 fully saturated rings. The highest BCUT2D eigenvalue weighted by Gasteiger charge is 2.20. The minimum atomic E-state index is -0.713. The first-order chi connectivity index (χ1) is 10.4. The van der Waals surface area contributed by atoms with E-state index in [-0.39, 0.29) is 11.9 Å². The van der Waals surface area contributed by atoms with Gasteiger partial charge in [-0.15, -0.1) is 0 Å². The molecular formula is C16H17Cl2NO3. The number of benzene rings is 1. The molecule has 2 atom stereocenters. The first-order valence-electron chi connectivity index (χ1n) is 6.86. The summed E-state index contributed by atoms with van der Waals surface area (Å²) < 4.78 is 11.1. The third kappa shape index (κ3) is 3.96. The molecule has 2 aromatic rings. The fraction of sp³-hybridized carbons (Fsp3) is 0.312. The fourth-order valence-electron chi connectivity index (χ4n) is 1.91. The second-order valence-electron chi connectivity index (χ2n) is 4.99. The predicted molar refractivity (Wildman–Crippen MR) is 86.6 cm³/mol. The van der Waals surface area contributed by atoms with Crippen molar-refractivity contribution in [1.82, 2.24) is 5.32 Å². The molecule has 0 aliphatic carbocycles. The number of rotatable bonds is 5. The van der Waals surface area contributed by atoms with Gasteiger partial charge < -0.3 is 14.5 Å². The lowest BCUT2D eigenvalue weighted by molar-refractivity contribution is -0.128. The Morgan fingerprint density at radius 3 is 2.59 bits per heavy atom. The molecule has 4 nitrogen and oxygen atoms in total. The Kier molecular flexibility index (Phi) is 5.37. The third-order valence-electron chi connectivity index (χ3n) is 3.14. The van der Waals surface area contributed by atoms with E-state index in [0.717, 1.165) is 5.76 Å². The van der Waals surface area contributed by atoms with Gasteiger partial charge in [0, 0.05) is 0 Å². The molecule has 6 heteroatoms. The van der Waals surface area contributed by atoms with Gasteiger partial charge in [-0.05, 0) is 45.0 Å². The second kappa shape index (κ2) is 7.07. The van der Waals surface area contributed by atoms with E-state index in [1.54, 1.807) is 25.1 Å². The normalized spacial score (nSPS) is 13.5. The van der Waals surface area contributed by atoms with Crippen LogP contribution in [0.15, 0.2) is 34.7 Å². The van der Waals surface area contributed by atoms with Crippen LogP contribution in [0.4, 0.5) is 0 Å². The molecule has 22 heavy (non-hydrogen) atoms. The van der Waals surface area contributed by atoms with Gasteiger partial charge in [-0.1, -0.05) is 29.3 Å². The van der Waals surface area contributed by atoms with Gasteiger partial charge in [0.05, 0.1) is 11.1 Å². The van der Waals surface area contributed by atoms with Crippen LogP contribution in [0.25, 0.3) is 0 Å². The van der Waals surface area contributed by atoms with Crippen molar-refractivity contribution in [2.45, 2.75) is 32.9 Å². The van der Waals surface area contributed by atoms with Crippen molar-refractivity contribution in [3.8, 4) is 5.75 Å². The summed E-state index contributed by atoms with van der Waals surface area (Å²) in [4.78, 5) is 12.2. The molecule has 0 aliphatic rings. The van der Waals surface area contributed by atoms with Crippen LogP contribution in [0.2, 0.25) is 10.0 Å². The van der Waals surface area contributed by atoms with Crippen molar-refractivity contribution in [3.05, 3.63) is 51.9 Å². The van der Waals surface area contributed by atoms with Gasteiger partial charge in [-0.25, -0.2) is 0 Å². The lowest BCUT2D eigenvalue weighted by atomic mass is 10.2. The number of aryl methyl sites for hydroxylation is 1. The Morgan fingerprint density at radius 1 is 1.23 bits per heavy atom. The summed E-state index contributed by atoms with van der Waals surface area (Å²) >= 11 is 12.0. The first kappa shape index (κ1) is 16.7. The molecule has 0 saturated heterocycles. The van der Waals surface area contributed by atoms with E-state index in [1.165, 1.54) is 0 Å². The maximum Gasteiger partial charge on any atom is 0.261 e. The monoisotopic (exact) mass is 341 g/mol. The first-order valence-corrected chi connectivity index (χ1v) is 7.61. The van der Waals surface area contributed by atoms with Crippen LogP contribution >= 0.6 is 23.2 Å². The third-order valence-corrected chi connectivity index (χ3v) is 3.94. The van der Waals surface area contributed by atoms with E-state index >= 15 is 0 Å². The average Bonchev–Trinajstić information content (AvgIpc) is 2.90. The molecule has 0 saturated carbocycles. The summed E-state index contributed by atoms with van der Waals surface area (Å²) in [7, 11) is 0. The van der Waals surface area contributed by atoms with Crippen molar-refractivity contribution in [3.63, 3.8) is 0 Å². The molecule has 118 valence electrons. The Hall–Kier alpha value is -1.65. The van der Waals surface area contributed by atoms with E-state index in [4.69, 9.17) is 32.4 Å². The Bertz CT molecular complexity index is 669. The number of carbonyl (C=O) groups excluding carboxylic acids is 1. The number of hydrogen-bond donors (Lipinski definition) is 1. The molecule has 1 aromatic carbocycles. The summed E-state index contributed by atoms with van der Waals surface area (Å²) in [5, 5.41) is 3.50. The quantitative estimate of drug-likeness (QED) is 0.868. The number of amides is 1. The second-order valence-corrected chi connectivity index (χ2v) is 5.78. The van der Waals surface area contributed by atoms with Crippen molar-refractivity contribution >= 4 is 29.1 Å². The van der Waals surface area contributed by atoms with Gasteiger partial charge in [0.25, 0.3) is 5.91 Å². The zero-order chi connectivity index (χ0) is 16.3. The van der Waals surface area contributed by atoms with Gasteiger partial charge in [0.15, 0.2) is 6.10 Å². The minimum Gasteiger partial charge on any atom is -0.479 e. The van der Waals surface area contributed by atoms with E-state index in [2.05, 4.69) is 5.32 Å². The molecule has 2 unspecified atom stereocenters. The van der Waals surface area contributed by atoms with Crippen molar-refractivity contribution in [2.75, 3.05) is 0 Å². The van der Waals surface area contributed by atoms with Crippen LogP contribution in [0.3, 0.4) is 0 Å². The summed E-state index contributed by atoms with van der Waals surface area (Å²) in [6.45, 7) is 5.34. The molecule has 0 spiro atoms. The SMILES string of the molecule is Cc1ccc(C(C)NC(=O)C(C)Oc2cccc(Cl)c2Cl)o1. The van der Waals surface area contributed by atoms with E-state index in [1.807, 2.05) is 26.0 Å². The highest BCUT2D eigenvalue weighted by Crippen LogP contribution is 2.32. The number of halogens is 2. The molecular weight excluding hydrogens is 325 g/mol. The highest BCUT2D eigenvalue weighted by atomic mass is 35.5. The van der Waals surface area contributed by atoms with Gasteiger partial charge in [0.2, 0.25) is 0 Å². The molecule has 1 amide bonds. The van der Waals surface area contributed by atoms with Gasteiger partial charge in [-0.3, -0.25) is 4.79 Å². The van der Waals surface area contributed by atoms with E-state index < -0.39 is 6.10 Å². The molecule has 0 radical (unpaired) electrons. The van der Waals surface area contributed by atoms with Crippen LogP contribution in [0.1, 0.15) is 31.4 Å². The Morgan fingerprint density at radius 2 is 1.95 bits per heavy atom. The van der Waals surface area contributed by atoms with Crippen LogP contribution in [0, 0.1) is 6.92 Å². The standard InChI is InChI=1S/C16H17Cl2NO3/c1-9-7-8-13(21-9)10(2)19-16(20)11(3)22-14-6-4-5-12(17)15(14)18/h4-8,10-11H,1-3H3,(H,19,20). The van der Waals surface area contributed by atoms with Crippen molar-refractivity contribution < 1.29 is 13.9 Å². The Balaban J connectivity index is 1.99. The molecule has 0 bridgehead atoms. The maximum absolute atomic E-state index is 12.2. The molecule has 1 aromatic heterocycles. The number of ether oxygens (including phenoxy) is 1. The largest absolute Gasteiger partial charge is 0.479 e. The Labute approximate surface area is 139 Å². The van der Waals surface area contributed by atoms with E-state index in [0.29, 0.717) is 21.6 Å². The molecule has 0 aliphatic heterocycles. The molecule has 1 N–H and O–H groups in total. The topological polar surface area (TPSA) is 51.5 Å². The number of hydrogen-bond acceptors (Lipinski definition) is 3. The van der Waals surface area contributed by atoms with Gasteiger partial charge in [0.1, 0.15) is 22.3 Å². The lowest BCUT2D eigenvalue weighted by Gasteiger charge is -2.18. The zero-order valence-electron chi connectivity index (χ0n) is 12.5. The van der Waals surface area contributed by atoms with Gasteiger partial charge >= 0.3 is 0 Å². The smallest absolute Gasteiger partial charge is 0.261 e. The molecule has 2 rings (SSSR count). The van der Waals surface area contributed by atoms with Crippen LogP contribution < -0.4 is 10.1 Å². The van der Waals surface area contributed by atoms with Crippen molar-refractivity contribution in [2.24, 2.45) is 0 Å². The summed E-state index contributed by atoms with van der Waals surface area (Å²) in [5.74, 6) is 1.60. The molecule has 1 heterocycles. The van der Waals surface area contributed by atoms with Gasteiger partial charge in [-0.2, -0.15) is 0 Å². The zero-order valence-corrected chi connectivity index (χ0v) is 14.0. The fourth-order valence-corrected chi connectivity index (χ4v) is 2.24. The minimum absolute atomic E-state index is 0.248. The van der Waals surface area contributed by atoms with Crippen molar-refractivity contribution in [1.29, 1.82) is 0 Å². The van der Waals surface area contributed by atoms with E-state index in [9.17, 15) is 4.79 Å². The predicted octanol–water partition coefficient (Wildman–Crippen LogP) is 4.54. The number of furan rings is 1. The summed E-state index contributed by atoms with van der Waals surface area (Å²) in [6.07, 6.45) is -0.713.